The van der Waals surface area contributed by atoms with Crippen LogP contribution in [0.1, 0.15) is 42.9 Å². The quantitative estimate of drug-likeness (QED) is 0.411. The normalized spacial score (nSPS) is 11.5. The lowest BCUT2D eigenvalue weighted by atomic mass is 10.0. The van der Waals surface area contributed by atoms with E-state index in [9.17, 15) is 13.2 Å². The first kappa shape index (κ1) is 20.4. The minimum atomic E-state index is -4.28. The predicted octanol–water partition coefficient (Wildman–Crippen LogP) is 6.86. The Hall–Kier alpha value is -1.94. The monoisotopic (exact) mass is 381 g/mol. The molecule has 1 aromatic heterocycles. The molecule has 0 aliphatic heterocycles. The van der Waals surface area contributed by atoms with Gasteiger partial charge in [-0.25, -0.2) is 0 Å². The van der Waals surface area contributed by atoms with Crippen LogP contribution >= 0.6 is 12.4 Å². The van der Waals surface area contributed by atoms with Crippen LogP contribution in [-0.4, -0.2) is 4.57 Å². The van der Waals surface area contributed by atoms with Crippen LogP contribution in [0.15, 0.2) is 54.7 Å². The molecule has 0 atom stereocenters. The van der Waals surface area contributed by atoms with E-state index in [0.29, 0.717) is 6.42 Å². The second-order valence-corrected chi connectivity index (χ2v) is 6.44. The standard InChI is InChI=1S/C21H22F3N.ClH/c1-2-3-6-13-25-15-17(19-7-4-5-8-20(19)25)14-16-9-11-18(12-10-16)21(22,23)24;/h4-5,7-12,15H,2-3,6,13-14H2,1H3;1H. The maximum atomic E-state index is 12.7. The Morgan fingerprint density at radius 2 is 1.62 bits per heavy atom. The predicted molar refractivity (Wildman–Crippen MR) is 103 cm³/mol. The number of halogens is 4. The molecule has 3 aromatic rings. The van der Waals surface area contributed by atoms with Gasteiger partial charge in [0.25, 0.3) is 0 Å². The number of para-hydroxylation sites is 1. The summed E-state index contributed by atoms with van der Waals surface area (Å²) in [6.07, 6.45) is 2.01. The number of fused-ring (bicyclic) bond motifs is 1. The van der Waals surface area contributed by atoms with Crippen molar-refractivity contribution in [3.8, 4) is 0 Å². The van der Waals surface area contributed by atoms with Crippen LogP contribution in [0.4, 0.5) is 13.2 Å². The first-order valence-corrected chi connectivity index (χ1v) is 8.72. The fourth-order valence-electron chi connectivity index (χ4n) is 3.21. The Morgan fingerprint density at radius 1 is 0.923 bits per heavy atom. The minimum absolute atomic E-state index is 0. The lowest BCUT2D eigenvalue weighted by Gasteiger charge is -2.07. The molecule has 0 fully saturated rings. The molecule has 0 saturated carbocycles. The van der Waals surface area contributed by atoms with Crippen molar-refractivity contribution in [2.45, 2.75) is 45.3 Å². The van der Waals surface area contributed by atoms with Crippen LogP contribution in [0, 0.1) is 0 Å². The summed E-state index contributed by atoms with van der Waals surface area (Å²) >= 11 is 0. The molecular weight excluding hydrogens is 359 g/mol. The molecule has 26 heavy (non-hydrogen) atoms. The molecule has 0 unspecified atom stereocenters. The highest BCUT2D eigenvalue weighted by atomic mass is 35.5. The number of rotatable bonds is 6. The number of hydrogen-bond acceptors (Lipinski definition) is 0. The molecule has 0 bridgehead atoms. The highest BCUT2D eigenvalue weighted by molar-refractivity contribution is 5.85. The van der Waals surface area contributed by atoms with E-state index < -0.39 is 11.7 Å². The van der Waals surface area contributed by atoms with Gasteiger partial charge in [0.1, 0.15) is 0 Å². The van der Waals surface area contributed by atoms with Gasteiger partial charge in [0, 0.05) is 23.6 Å². The zero-order valence-electron chi connectivity index (χ0n) is 14.7. The molecule has 1 heterocycles. The molecule has 0 amide bonds. The molecule has 0 spiro atoms. The Labute approximate surface area is 158 Å². The summed E-state index contributed by atoms with van der Waals surface area (Å²) in [6.45, 7) is 3.16. The van der Waals surface area contributed by atoms with Gasteiger partial charge in [-0.1, -0.05) is 50.1 Å². The lowest BCUT2D eigenvalue weighted by molar-refractivity contribution is -0.137. The second-order valence-electron chi connectivity index (χ2n) is 6.44. The van der Waals surface area contributed by atoms with Crippen molar-refractivity contribution >= 4 is 23.3 Å². The largest absolute Gasteiger partial charge is 0.416 e. The van der Waals surface area contributed by atoms with Gasteiger partial charge >= 0.3 is 6.18 Å². The smallest absolute Gasteiger partial charge is 0.347 e. The molecule has 0 N–H and O–H groups in total. The Kier molecular flexibility index (Phi) is 6.76. The third-order valence-electron chi connectivity index (χ3n) is 4.55. The van der Waals surface area contributed by atoms with Crippen molar-refractivity contribution < 1.29 is 13.2 Å². The molecule has 2 aromatic carbocycles. The van der Waals surface area contributed by atoms with E-state index in [1.165, 1.54) is 23.7 Å². The van der Waals surface area contributed by atoms with Gasteiger partial charge in [-0.2, -0.15) is 13.2 Å². The fourth-order valence-corrected chi connectivity index (χ4v) is 3.21. The number of aryl methyl sites for hydroxylation is 1. The van der Waals surface area contributed by atoms with Gasteiger partial charge in [-0.3, -0.25) is 0 Å². The first-order valence-electron chi connectivity index (χ1n) is 8.72. The molecule has 5 heteroatoms. The van der Waals surface area contributed by atoms with Crippen LogP contribution in [0.3, 0.4) is 0 Å². The lowest BCUT2D eigenvalue weighted by Crippen LogP contribution is -2.04. The van der Waals surface area contributed by atoms with Crippen molar-refractivity contribution in [3.05, 3.63) is 71.4 Å². The van der Waals surface area contributed by atoms with Crippen LogP contribution in [0.5, 0.6) is 0 Å². The summed E-state index contributed by atoms with van der Waals surface area (Å²) in [6, 6.07) is 13.7. The van der Waals surface area contributed by atoms with E-state index in [1.54, 1.807) is 12.1 Å². The number of hydrogen-bond donors (Lipinski definition) is 0. The third-order valence-corrected chi connectivity index (χ3v) is 4.55. The van der Waals surface area contributed by atoms with Gasteiger partial charge in [0.15, 0.2) is 0 Å². The fraction of sp³-hybridized carbons (Fsp3) is 0.333. The minimum Gasteiger partial charge on any atom is -0.347 e. The summed E-state index contributed by atoms with van der Waals surface area (Å²) in [7, 11) is 0. The summed E-state index contributed by atoms with van der Waals surface area (Å²) in [5.41, 5.74) is 2.65. The van der Waals surface area contributed by atoms with Crippen LogP contribution in [-0.2, 0) is 19.1 Å². The Balaban J connectivity index is 0.00000243. The van der Waals surface area contributed by atoms with E-state index >= 15 is 0 Å². The van der Waals surface area contributed by atoms with E-state index in [0.717, 1.165) is 36.2 Å². The summed E-state index contributed by atoms with van der Waals surface area (Å²) in [5, 5.41) is 1.18. The molecular formula is C21H23ClF3N. The molecule has 3 rings (SSSR count). The number of unbranched alkanes of at least 4 members (excludes halogenated alkanes) is 2. The van der Waals surface area contributed by atoms with Crippen molar-refractivity contribution in [2.75, 3.05) is 0 Å². The van der Waals surface area contributed by atoms with Crippen molar-refractivity contribution in [2.24, 2.45) is 0 Å². The SMILES string of the molecule is CCCCCn1cc(Cc2ccc(C(F)(F)F)cc2)c2ccccc21.Cl. The average molecular weight is 382 g/mol. The maximum absolute atomic E-state index is 12.7. The van der Waals surface area contributed by atoms with Gasteiger partial charge in [0.2, 0.25) is 0 Å². The highest BCUT2D eigenvalue weighted by Gasteiger charge is 2.29. The summed E-state index contributed by atoms with van der Waals surface area (Å²) in [5.74, 6) is 0. The summed E-state index contributed by atoms with van der Waals surface area (Å²) < 4.78 is 40.4. The summed E-state index contributed by atoms with van der Waals surface area (Å²) in [4.78, 5) is 0. The molecule has 0 saturated heterocycles. The van der Waals surface area contributed by atoms with Crippen molar-refractivity contribution in [1.82, 2.24) is 4.57 Å². The molecule has 0 aliphatic carbocycles. The number of benzene rings is 2. The maximum Gasteiger partial charge on any atom is 0.416 e. The van der Waals surface area contributed by atoms with Gasteiger partial charge < -0.3 is 4.57 Å². The molecule has 0 aliphatic rings. The highest BCUT2D eigenvalue weighted by Crippen LogP contribution is 2.30. The Bertz CT molecular complexity index is 835. The second kappa shape index (κ2) is 8.63. The van der Waals surface area contributed by atoms with E-state index in [2.05, 4.69) is 29.8 Å². The zero-order chi connectivity index (χ0) is 17.9. The Morgan fingerprint density at radius 3 is 2.27 bits per heavy atom. The number of nitrogens with zero attached hydrogens (tertiary/aromatic N) is 1. The van der Waals surface area contributed by atoms with E-state index in [4.69, 9.17) is 0 Å². The van der Waals surface area contributed by atoms with Crippen LogP contribution < -0.4 is 0 Å². The molecule has 140 valence electrons. The number of alkyl halides is 3. The topological polar surface area (TPSA) is 4.93 Å². The third kappa shape index (κ3) is 4.61. The van der Waals surface area contributed by atoms with Crippen LogP contribution in [0.2, 0.25) is 0 Å². The van der Waals surface area contributed by atoms with Gasteiger partial charge in [0.05, 0.1) is 5.56 Å². The van der Waals surface area contributed by atoms with E-state index in [-0.39, 0.29) is 12.4 Å². The zero-order valence-corrected chi connectivity index (χ0v) is 15.5. The van der Waals surface area contributed by atoms with Gasteiger partial charge in [-0.05, 0) is 42.2 Å². The van der Waals surface area contributed by atoms with Gasteiger partial charge in [-0.15, -0.1) is 12.4 Å². The first-order chi connectivity index (χ1) is 12.0. The van der Waals surface area contributed by atoms with Crippen molar-refractivity contribution in [1.29, 1.82) is 0 Å². The van der Waals surface area contributed by atoms with Crippen molar-refractivity contribution in [3.63, 3.8) is 0 Å². The number of aromatic nitrogens is 1. The average Bonchev–Trinajstić information content (AvgIpc) is 2.93. The van der Waals surface area contributed by atoms with E-state index in [1.807, 2.05) is 12.1 Å². The molecule has 1 nitrogen and oxygen atoms in total. The van der Waals surface area contributed by atoms with Crippen LogP contribution in [0.25, 0.3) is 10.9 Å². The molecule has 0 radical (unpaired) electrons.